The number of hydrogen-bond acceptors (Lipinski definition) is 4. The quantitative estimate of drug-likeness (QED) is 0.791. The second-order valence-electron chi connectivity index (χ2n) is 8.12. The van der Waals surface area contributed by atoms with Crippen molar-refractivity contribution in [2.75, 3.05) is 11.9 Å². The Balaban J connectivity index is 1.74. The van der Waals surface area contributed by atoms with Gasteiger partial charge in [0.25, 0.3) is 0 Å². The van der Waals surface area contributed by atoms with E-state index in [9.17, 15) is 14.4 Å². The molecule has 4 aliphatic heterocycles. The highest BCUT2D eigenvalue weighted by molar-refractivity contribution is 6.31. The van der Waals surface area contributed by atoms with Crippen LogP contribution < -0.4 is 5.32 Å². The molecule has 3 saturated heterocycles. The van der Waals surface area contributed by atoms with E-state index in [1.165, 1.54) is 4.90 Å². The number of benzene rings is 1. The Morgan fingerprint density at radius 2 is 2.07 bits per heavy atom. The van der Waals surface area contributed by atoms with Gasteiger partial charge >= 0.3 is 0 Å². The fraction of sp³-hybridized carbons (Fsp3) is 0.550. The molecule has 1 aromatic rings. The third kappa shape index (κ3) is 1.88. The van der Waals surface area contributed by atoms with E-state index in [1.54, 1.807) is 18.2 Å². The summed E-state index contributed by atoms with van der Waals surface area (Å²) in [7, 11) is 0. The van der Waals surface area contributed by atoms with Crippen LogP contribution in [-0.4, -0.2) is 46.1 Å². The lowest BCUT2D eigenvalue weighted by atomic mass is 9.75. The fourth-order valence-corrected chi connectivity index (χ4v) is 5.99. The molecular weight excluding hydrogens is 366 g/mol. The van der Waals surface area contributed by atoms with Crippen molar-refractivity contribution in [1.82, 2.24) is 9.80 Å². The molecule has 5 atom stereocenters. The van der Waals surface area contributed by atoms with Gasteiger partial charge in [-0.2, -0.15) is 0 Å². The van der Waals surface area contributed by atoms with Crippen LogP contribution in [0.4, 0.5) is 5.69 Å². The van der Waals surface area contributed by atoms with Gasteiger partial charge in [0.2, 0.25) is 17.7 Å². The van der Waals surface area contributed by atoms with Crippen LogP contribution in [0, 0.1) is 11.8 Å². The minimum atomic E-state index is -1.12. The van der Waals surface area contributed by atoms with Gasteiger partial charge in [0.1, 0.15) is 5.54 Å². The van der Waals surface area contributed by atoms with Gasteiger partial charge in [0.15, 0.2) is 0 Å². The number of nitrogens with one attached hydrogen (secondary N) is 1. The molecule has 1 aromatic carbocycles. The Hall–Kier alpha value is -1.92. The first-order valence-corrected chi connectivity index (χ1v) is 10.1. The Bertz CT molecular complexity index is 887. The zero-order valence-electron chi connectivity index (χ0n) is 15.4. The third-order valence-corrected chi connectivity index (χ3v) is 7.26. The molecule has 0 aliphatic carbocycles. The summed E-state index contributed by atoms with van der Waals surface area (Å²) in [6.07, 6.45) is 2.45. The first kappa shape index (κ1) is 17.2. The number of imide groups is 1. The minimum absolute atomic E-state index is 0.0730. The van der Waals surface area contributed by atoms with Crippen molar-refractivity contribution in [1.29, 1.82) is 0 Å². The molecule has 142 valence electrons. The molecule has 4 aliphatic rings. The number of fused-ring (bicyclic) bond motifs is 7. The first-order chi connectivity index (χ1) is 12.9. The predicted molar refractivity (Wildman–Crippen MR) is 100 cm³/mol. The van der Waals surface area contributed by atoms with Gasteiger partial charge in [-0.25, -0.2) is 0 Å². The highest BCUT2D eigenvalue weighted by Gasteiger charge is 2.74. The van der Waals surface area contributed by atoms with E-state index in [2.05, 4.69) is 10.2 Å². The molecule has 4 heterocycles. The normalized spacial score (nSPS) is 35.6. The number of carbonyl (C=O) groups is 3. The van der Waals surface area contributed by atoms with E-state index < -0.39 is 17.4 Å². The van der Waals surface area contributed by atoms with Crippen molar-refractivity contribution in [3.05, 3.63) is 28.8 Å². The van der Waals surface area contributed by atoms with Crippen molar-refractivity contribution in [3.8, 4) is 0 Å². The average molecular weight is 388 g/mol. The van der Waals surface area contributed by atoms with Crippen LogP contribution >= 0.6 is 11.6 Å². The van der Waals surface area contributed by atoms with Gasteiger partial charge in [-0.05, 0) is 50.9 Å². The Kier molecular flexibility index (Phi) is 3.53. The van der Waals surface area contributed by atoms with Gasteiger partial charge in [0, 0.05) is 28.4 Å². The second-order valence-corrected chi connectivity index (χ2v) is 8.56. The molecule has 1 spiro atoms. The van der Waals surface area contributed by atoms with Crippen LogP contribution in [0.2, 0.25) is 5.02 Å². The van der Waals surface area contributed by atoms with Crippen LogP contribution in [0.15, 0.2) is 18.2 Å². The minimum Gasteiger partial charge on any atom is -0.324 e. The maximum Gasteiger partial charge on any atom is 0.250 e. The lowest BCUT2D eigenvalue weighted by Gasteiger charge is -2.37. The summed E-state index contributed by atoms with van der Waals surface area (Å²) in [6.45, 7) is 4.57. The zero-order valence-corrected chi connectivity index (χ0v) is 16.1. The molecule has 0 saturated carbocycles. The number of anilines is 1. The maximum absolute atomic E-state index is 13.5. The first-order valence-electron chi connectivity index (χ1n) is 9.68. The zero-order chi connectivity index (χ0) is 19.1. The smallest absolute Gasteiger partial charge is 0.250 e. The van der Waals surface area contributed by atoms with E-state index in [-0.39, 0.29) is 29.8 Å². The van der Waals surface area contributed by atoms with Gasteiger partial charge in [-0.3, -0.25) is 24.2 Å². The SMILES string of the molecule is CC[C@@H](C)N1C(=O)[C@@H]2[C@H]3CCCN3[C@@]3(C(=O)Nc4ccc(Cl)cc43)[C@@H]2C1=O. The Morgan fingerprint density at radius 1 is 1.30 bits per heavy atom. The average Bonchev–Trinajstić information content (AvgIpc) is 3.33. The fourth-order valence-electron chi connectivity index (χ4n) is 5.81. The molecule has 0 unspecified atom stereocenters. The number of nitrogens with zero attached hydrogens (tertiary/aromatic N) is 2. The van der Waals surface area contributed by atoms with Crippen LogP contribution in [0.1, 0.15) is 38.7 Å². The van der Waals surface area contributed by atoms with E-state index in [1.807, 2.05) is 13.8 Å². The van der Waals surface area contributed by atoms with Gasteiger partial charge in [-0.15, -0.1) is 0 Å². The summed E-state index contributed by atoms with van der Waals surface area (Å²) < 4.78 is 0. The van der Waals surface area contributed by atoms with Crippen molar-refractivity contribution in [2.45, 2.75) is 50.7 Å². The number of rotatable bonds is 2. The second kappa shape index (κ2) is 5.55. The number of amides is 3. The summed E-state index contributed by atoms with van der Waals surface area (Å²) in [4.78, 5) is 43.7. The van der Waals surface area contributed by atoms with E-state index in [0.29, 0.717) is 23.7 Å². The molecule has 0 bridgehead atoms. The lowest BCUT2D eigenvalue weighted by Crippen LogP contribution is -2.54. The summed E-state index contributed by atoms with van der Waals surface area (Å²) >= 11 is 6.27. The molecule has 0 aromatic heterocycles. The monoisotopic (exact) mass is 387 g/mol. The molecule has 1 N–H and O–H groups in total. The Labute approximate surface area is 162 Å². The summed E-state index contributed by atoms with van der Waals surface area (Å²) in [5, 5.41) is 3.48. The molecule has 7 heteroatoms. The van der Waals surface area contributed by atoms with Crippen LogP contribution in [0.5, 0.6) is 0 Å². The van der Waals surface area contributed by atoms with E-state index in [0.717, 1.165) is 18.4 Å². The number of likely N-dealkylation sites (tertiary alicyclic amines) is 1. The lowest BCUT2D eigenvalue weighted by molar-refractivity contribution is -0.147. The van der Waals surface area contributed by atoms with Crippen LogP contribution in [-0.2, 0) is 19.9 Å². The largest absolute Gasteiger partial charge is 0.324 e. The molecule has 3 fully saturated rings. The van der Waals surface area contributed by atoms with Crippen LogP contribution in [0.25, 0.3) is 0 Å². The summed E-state index contributed by atoms with van der Waals surface area (Å²) in [5.74, 6) is -1.66. The highest BCUT2D eigenvalue weighted by Crippen LogP contribution is 2.60. The molecule has 0 radical (unpaired) electrons. The molecular formula is C20H22ClN3O3. The number of halogens is 1. The number of carbonyl (C=O) groups excluding carboxylic acids is 3. The third-order valence-electron chi connectivity index (χ3n) is 7.02. The molecule has 27 heavy (non-hydrogen) atoms. The van der Waals surface area contributed by atoms with Gasteiger partial charge < -0.3 is 5.32 Å². The summed E-state index contributed by atoms with van der Waals surface area (Å²) in [6, 6.07) is 5.08. The number of hydrogen-bond donors (Lipinski definition) is 1. The van der Waals surface area contributed by atoms with Gasteiger partial charge in [-0.1, -0.05) is 18.5 Å². The topological polar surface area (TPSA) is 69.7 Å². The molecule has 3 amide bonds. The molecule has 5 rings (SSSR count). The maximum atomic E-state index is 13.5. The van der Waals surface area contributed by atoms with Crippen molar-refractivity contribution in [3.63, 3.8) is 0 Å². The Morgan fingerprint density at radius 3 is 2.81 bits per heavy atom. The van der Waals surface area contributed by atoms with E-state index in [4.69, 9.17) is 11.6 Å². The highest BCUT2D eigenvalue weighted by atomic mass is 35.5. The van der Waals surface area contributed by atoms with E-state index >= 15 is 0 Å². The van der Waals surface area contributed by atoms with Crippen molar-refractivity contribution >= 4 is 35.0 Å². The van der Waals surface area contributed by atoms with Crippen molar-refractivity contribution < 1.29 is 14.4 Å². The van der Waals surface area contributed by atoms with Crippen molar-refractivity contribution in [2.24, 2.45) is 11.8 Å². The summed E-state index contributed by atoms with van der Waals surface area (Å²) in [5.41, 5.74) is 0.311. The van der Waals surface area contributed by atoms with Crippen LogP contribution in [0.3, 0.4) is 0 Å². The van der Waals surface area contributed by atoms with Gasteiger partial charge in [0.05, 0.1) is 11.8 Å². The molecule has 6 nitrogen and oxygen atoms in total. The predicted octanol–water partition coefficient (Wildman–Crippen LogP) is 2.37. The standard InChI is InChI=1S/C20H22ClN3O3/c1-3-10(2)24-17(25)15-14-5-4-8-23(14)20(16(15)18(24)26)12-9-11(21)6-7-13(12)22-19(20)27/h6-7,9-10,14-16H,3-5,8H2,1-2H3,(H,22,27)/t10-,14-,15-,16+,20-/m1/s1.